The van der Waals surface area contributed by atoms with Crippen LogP contribution in [0.1, 0.15) is 12.5 Å². The molecule has 0 amide bonds. The molecular formula is C12H19F3IN3. The summed E-state index contributed by atoms with van der Waals surface area (Å²) in [5.74, 6) is 0. The molecule has 3 nitrogen and oxygen atoms in total. The Morgan fingerprint density at radius 3 is 2.16 bits per heavy atom. The molecule has 1 unspecified atom stereocenters. The van der Waals surface area contributed by atoms with Gasteiger partial charge in [-0.15, -0.1) is 0 Å². The summed E-state index contributed by atoms with van der Waals surface area (Å²) >= 11 is 0. The lowest BCUT2D eigenvalue weighted by molar-refractivity contribution is -0.890. The van der Waals surface area contributed by atoms with E-state index in [9.17, 15) is 13.2 Å². The summed E-state index contributed by atoms with van der Waals surface area (Å²) in [7, 11) is 5.71. The Morgan fingerprint density at radius 2 is 1.74 bits per heavy atom. The monoisotopic (exact) mass is 389 g/mol. The van der Waals surface area contributed by atoms with Crippen molar-refractivity contribution in [3.8, 4) is 0 Å². The van der Waals surface area contributed by atoms with Gasteiger partial charge in [-0.2, -0.15) is 13.2 Å². The van der Waals surface area contributed by atoms with E-state index in [-0.39, 0.29) is 41.5 Å². The lowest BCUT2D eigenvalue weighted by Gasteiger charge is -2.33. The molecule has 0 aliphatic heterocycles. The Kier molecular flexibility index (Phi) is 5.94. The van der Waals surface area contributed by atoms with Crippen LogP contribution in [-0.4, -0.2) is 31.8 Å². The summed E-state index contributed by atoms with van der Waals surface area (Å²) in [6, 6.07) is 3.77. The molecule has 110 valence electrons. The van der Waals surface area contributed by atoms with Crippen LogP contribution >= 0.6 is 0 Å². The molecule has 3 N–H and O–H groups in total. The van der Waals surface area contributed by atoms with Crippen molar-refractivity contribution in [3.63, 3.8) is 0 Å². The highest BCUT2D eigenvalue weighted by atomic mass is 127. The third-order valence-electron chi connectivity index (χ3n) is 2.88. The maximum absolute atomic E-state index is 12.9. The summed E-state index contributed by atoms with van der Waals surface area (Å²) < 4.78 is 39.1. The first kappa shape index (κ1) is 18.3. The molecule has 1 aromatic rings. The molecule has 7 heteroatoms. The fourth-order valence-electron chi connectivity index (χ4n) is 1.34. The number of alkyl halides is 3. The molecule has 0 fully saturated rings. The average molecular weight is 389 g/mol. The van der Waals surface area contributed by atoms with Gasteiger partial charge in [-0.3, -0.25) is 0 Å². The molecule has 0 bridgehead atoms. The molecule has 1 aromatic carbocycles. The first-order valence-electron chi connectivity index (χ1n) is 5.56. The van der Waals surface area contributed by atoms with Gasteiger partial charge < -0.3 is 39.5 Å². The first-order chi connectivity index (χ1) is 8.01. The first-order valence-corrected chi connectivity index (χ1v) is 5.56. The van der Waals surface area contributed by atoms with Crippen molar-refractivity contribution >= 4 is 11.4 Å². The fraction of sp³-hybridized carbons (Fsp3) is 0.500. The molecule has 1 rings (SSSR count). The molecule has 0 heterocycles. The average Bonchev–Trinajstić information content (AvgIpc) is 2.17. The standard InChI is InChI=1S/C12H19F3N3.HI/c1-8(18(2,3)4)17-11-6-5-9(16)7-10(11)12(13,14)15;/h5-8,17H,16H2,1-4H3;1H/q+1;/p-1. The van der Waals surface area contributed by atoms with E-state index in [1.807, 2.05) is 28.1 Å². The number of quaternary nitrogens is 1. The van der Waals surface area contributed by atoms with E-state index < -0.39 is 11.7 Å². The topological polar surface area (TPSA) is 38.0 Å². The fourth-order valence-corrected chi connectivity index (χ4v) is 1.34. The zero-order chi connectivity index (χ0) is 14.1. The molecule has 0 aliphatic carbocycles. The largest absolute Gasteiger partial charge is 1.00 e. The summed E-state index contributed by atoms with van der Waals surface area (Å²) in [5, 5.41) is 2.88. The van der Waals surface area contributed by atoms with Crippen LogP contribution in [0.25, 0.3) is 0 Å². The van der Waals surface area contributed by atoms with Gasteiger partial charge >= 0.3 is 6.18 Å². The Labute approximate surface area is 128 Å². The summed E-state index contributed by atoms with van der Waals surface area (Å²) in [5.41, 5.74) is 4.83. The maximum atomic E-state index is 12.9. The number of halogens is 4. The SMILES string of the molecule is CC(Nc1ccc(N)cc1C(F)(F)F)[N+](C)(C)C.[I-]. The number of anilines is 2. The second kappa shape index (κ2) is 6.17. The van der Waals surface area contributed by atoms with E-state index in [2.05, 4.69) is 5.32 Å². The van der Waals surface area contributed by atoms with Crippen molar-refractivity contribution in [2.45, 2.75) is 19.3 Å². The van der Waals surface area contributed by atoms with Gasteiger partial charge in [0, 0.05) is 12.6 Å². The van der Waals surface area contributed by atoms with Gasteiger partial charge in [0.15, 0.2) is 6.17 Å². The minimum atomic E-state index is -4.41. The van der Waals surface area contributed by atoms with Crippen LogP contribution < -0.4 is 35.0 Å². The molecule has 19 heavy (non-hydrogen) atoms. The minimum absolute atomic E-state index is 0. The number of benzene rings is 1. The number of rotatable bonds is 3. The van der Waals surface area contributed by atoms with Crippen LogP contribution in [0.2, 0.25) is 0 Å². The number of hydrogen-bond acceptors (Lipinski definition) is 2. The quantitative estimate of drug-likeness (QED) is 0.324. The van der Waals surface area contributed by atoms with E-state index in [0.29, 0.717) is 4.48 Å². The van der Waals surface area contributed by atoms with E-state index in [1.54, 1.807) is 0 Å². The highest BCUT2D eigenvalue weighted by Crippen LogP contribution is 2.36. The van der Waals surface area contributed by atoms with Crippen molar-refractivity contribution in [1.29, 1.82) is 0 Å². The van der Waals surface area contributed by atoms with Gasteiger partial charge in [-0.05, 0) is 18.2 Å². The third-order valence-corrected chi connectivity index (χ3v) is 2.88. The number of nitrogens with one attached hydrogen (secondary N) is 1. The summed E-state index contributed by atoms with van der Waals surface area (Å²) in [6.07, 6.45) is -4.57. The van der Waals surface area contributed by atoms with E-state index in [4.69, 9.17) is 5.73 Å². The second-order valence-electron chi connectivity index (χ2n) is 5.24. The van der Waals surface area contributed by atoms with Gasteiger partial charge in [-0.1, -0.05) is 0 Å². The Hall–Kier alpha value is -0.700. The van der Waals surface area contributed by atoms with Crippen LogP contribution in [0.5, 0.6) is 0 Å². The Balaban J connectivity index is 0.00000324. The smallest absolute Gasteiger partial charge is 0.418 e. The van der Waals surface area contributed by atoms with Crippen molar-refractivity contribution in [2.24, 2.45) is 0 Å². The molecule has 0 radical (unpaired) electrons. The van der Waals surface area contributed by atoms with Gasteiger partial charge in [0.2, 0.25) is 0 Å². The maximum Gasteiger partial charge on any atom is 0.418 e. The number of nitrogens with zero attached hydrogens (tertiary/aromatic N) is 1. The zero-order valence-electron chi connectivity index (χ0n) is 11.3. The third kappa shape index (κ3) is 5.06. The van der Waals surface area contributed by atoms with Crippen molar-refractivity contribution < 1.29 is 41.6 Å². The predicted octanol–water partition coefficient (Wildman–Crippen LogP) is -0.244. The van der Waals surface area contributed by atoms with Crippen molar-refractivity contribution in [1.82, 2.24) is 0 Å². The normalized spacial score (nSPS) is 13.6. The molecule has 0 aromatic heterocycles. The van der Waals surface area contributed by atoms with E-state index >= 15 is 0 Å². The van der Waals surface area contributed by atoms with E-state index in [1.165, 1.54) is 12.1 Å². The summed E-state index contributed by atoms with van der Waals surface area (Å²) in [6.45, 7) is 1.83. The highest BCUT2D eigenvalue weighted by molar-refractivity contribution is 5.59. The minimum Gasteiger partial charge on any atom is -1.00 e. The zero-order valence-corrected chi connectivity index (χ0v) is 13.5. The molecule has 0 saturated carbocycles. The van der Waals surface area contributed by atoms with Gasteiger partial charge in [0.1, 0.15) is 0 Å². The van der Waals surface area contributed by atoms with Crippen LogP contribution in [0, 0.1) is 0 Å². The van der Waals surface area contributed by atoms with Gasteiger partial charge in [0.25, 0.3) is 0 Å². The highest BCUT2D eigenvalue weighted by Gasteiger charge is 2.34. The molecule has 0 saturated heterocycles. The van der Waals surface area contributed by atoms with Crippen molar-refractivity contribution in [2.75, 3.05) is 32.2 Å². The predicted molar refractivity (Wildman–Crippen MR) is 67.0 cm³/mol. The van der Waals surface area contributed by atoms with Crippen LogP contribution in [-0.2, 0) is 6.18 Å². The number of nitrogens with two attached hydrogens (primary N) is 1. The second-order valence-corrected chi connectivity index (χ2v) is 5.24. The van der Waals surface area contributed by atoms with Gasteiger partial charge in [-0.25, -0.2) is 0 Å². The van der Waals surface area contributed by atoms with Crippen LogP contribution in [0.3, 0.4) is 0 Å². The van der Waals surface area contributed by atoms with E-state index in [0.717, 1.165) is 6.07 Å². The van der Waals surface area contributed by atoms with Crippen molar-refractivity contribution in [3.05, 3.63) is 23.8 Å². The van der Waals surface area contributed by atoms with Crippen LogP contribution in [0.15, 0.2) is 18.2 Å². The summed E-state index contributed by atoms with van der Waals surface area (Å²) in [4.78, 5) is 0. The molecular weight excluding hydrogens is 370 g/mol. The Morgan fingerprint density at radius 1 is 1.21 bits per heavy atom. The molecule has 1 atom stereocenters. The lowest BCUT2D eigenvalue weighted by atomic mass is 10.1. The molecule has 0 aliphatic rings. The lowest BCUT2D eigenvalue weighted by Crippen LogP contribution is -3.00. The van der Waals surface area contributed by atoms with Crippen LogP contribution in [0.4, 0.5) is 24.5 Å². The Bertz CT molecular complexity index is 427. The molecule has 0 spiro atoms. The number of nitrogen functional groups attached to an aromatic ring is 1. The van der Waals surface area contributed by atoms with Gasteiger partial charge in [0.05, 0.1) is 32.4 Å². The number of hydrogen-bond donors (Lipinski definition) is 2.